The van der Waals surface area contributed by atoms with E-state index in [0.29, 0.717) is 27.7 Å². The molecule has 3 N–H and O–H groups in total. The fourth-order valence-corrected chi connectivity index (χ4v) is 7.54. The number of ether oxygens (including phenoxy) is 2. The topological polar surface area (TPSA) is 129 Å². The highest BCUT2D eigenvalue weighted by Gasteiger charge is 2.54. The van der Waals surface area contributed by atoms with Gasteiger partial charge in [-0.1, -0.05) is 23.7 Å². The second kappa shape index (κ2) is 11.8. The van der Waals surface area contributed by atoms with Gasteiger partial charge in [0.25, 0.3) is 0 Å². The first-order valence-electron chi connectivity index (χ1n) is 13.8. The van der Waals surface area contributed by atoms with Crippen molar-refractivity contribution >= 4 is 45.9 Å². The molecule has 1 saturated heterocycles. The number of nitrogens with one attached hydrogen (secondary N) is 2. The molecule has 2 aliphatic rings. The lowest BCUT2D eigenvalue weighted by molar-refractivity contribution is -0.158. The van der Waals surface area contributed by atoms with Gasteiger partial charge >= 0.3 is 0 Å². The molecule has 42 heavy (non-hydrogen) atoms. The van der Waals surface area contributed by atoms with Gasteiger partial charge in [0.1, 0.15) is 28.5 Å². The lowest BCUT2D eigenvalue weighted by atomic mass is 9.87. The largest absolute Gasteiger partial charge is 0.598 e. The molecule has 1 aliphatic carbocycles. The van der Waals surface area contributed by atoms with Gasteiger partial charge in [0.2, 0.25) is 5.78 Å². The van der Waals surface area contributed by atoms with Crippen LogP contribution in [0.2, 0.25) is 5.02 Å². The molecule has 1 aliphatic heterocycles. The third kappa shape index (κ3) is 6.25. The fourth-order valence-electron chi connectivity index (χ4n) is 5.47. The molecule has 9 nitrogen and oxygen atoms in total. The summed E-state index contributed by atoms with van der Waals surface area (Å²) in [5, 5.41) is 15.8. The van der Waals surface area contributed by atoms with Crippen LogP contribution in [-0.4, -0.2) is 60.8 Å². The molecule has 0 amide bonds. The number of aromatic nitrogens is 2. The summed E-state index contributed by atoms with van der Waals surface area (Å²) in [6.07, 6.45) is 2.96. The van der Waals surface area contributed by atoms with E-state index < -0.39 is 27.4 Å². The van der Waals surface area contributed by atoms with E-state index in [9.17, 15) is 14.5 Å². The number of hydrogen-bond donors (Lipinski definition) is 3. The number of anilines is 1. The molecule has 1 saturated carbocycles. The average Bonchev–Trinajstić information content (AvgIpc) is 3.62. The van der Waals surface area contributed by atoms with Crippen molar-refractivity contribution in [2.24, 2.45) is 5.92 Å². The Labute approximate surface area is 258 Å². The molecular formula is C30H37ClN4O5S2. The van der Waals surface area contributed by atoms with Crippen LogP contribution in [0.1, 0.15) is 74.3 Å². The van der Waals surface area contributed by atoms with Crippen LogP contribution in [0.5, 0.6) is 0 Å². The molecule has 1 unspecified atom stereocenters. The van der Waals surface area contributed by atoms with Crippen molar-refractivity contribution in [1.82, 2.24) is 14.7 Å². The summed E-state index contributed by atoms with van der Waals surface area (Å²) in [7, 11) is 0. The van der Waals surface area contributed by atoms with Gasteiger partial charge in [-0.2, -0.15) is 0 Å². The normalized spacial score (nSPS) is 25.5. The summed E-state index contributed by atoms with van der Waals surface area (Å²) >= 11 is 6.24. The lowest BCUT2D eigenvalue weighted by Gasteiger charge is -2.35. The maximum Gasteiger partial charge on any atom is 0.208 e. The Kier molecular flexibility index (Phi) is 8.79. The number of rotatable bonds is 9. The van der Waals surface area contributed by atoms with Crippen LogP contribution in [0.4, 0.5) is 5.82 Å². The number of aliphatic hydroxyl groups is 1. The Morgan fingerprint density at radius 2 is 1.95 bits per heavy atom. The van der Waals surface area contributed by atoms with E-state index in [1.165, 1.54) is 23.9 Å². The molecule has 12 heteroatoms. The number of nitrogens with zero attached hydrogens (tertiary/aromatic N) is 2. The van der Waals surface area contributed by atoms with E-state index >= 15 is 0 Å². The molecule has 3 heterocycles. The summed E-state index contributed by atoms with van der Waals surface area (Å²) in [6.45, 7) is 11.3. The Morgan fingerprint density at radius 3 is 2.64 bits per heavy atom. The molecule has 6 atom stereocenters. The number of fused-ring (bicyclic) bond motifs is 1. The molecule has 3 aromatic rings. The molecule has 0 bridgehead atoms. The second-order valence-electron chi connectivity index (χ2n) is 12.4. The molecule has 1 aromatic carbocycles. The Hall–Kier alpha value is -2.09. The minimum atomic E-state index is -1.41. The van der Waals surface area contributed by atoms with Gasteiger partial charge in [0, 0.05) is 35.1 Å². The Morgan fingerprint density at radius 1 is 1.21 bits per heavy atom. The van der Waals surface area contributed by atoms with Crippen LogP contribution in [0.3, 0.4) is 0 Å². The molecule has 0 spiro atoms. The van der Waals surface area contributed by atoms with Gasteiger partial charge in [0.15, 0.2) is 5.79 Å². The minimum absolute atomic E-state index is 0.0221. The van der Waals surface area contributed by atoms with Crippen molar-refractivity contribution < 1.29 is 23.9 Å². The summed E-state index contributed by atoms with van der Waals surface area (Å²) in [5.74, 6) is -0.700. The second-order valence-corrected chi connectivity index (χ2v) is 15.7. The number of hydrogen-bond acceptors (Lipinski definition) is 10. The zero-order chi connectivity index (χ0) is 30.4. The van der Waals surface area contributed by atoms with Gasteiger partial charge in [0.05, 0.1) is 22.6 Å². The predicted molar refractivity (Wildman–Crippen MR) is 165 cm³/mol. The van der Waals surface area contributed by atoms with E-state index in [1.54, 1.807) is 6.07 Å². The van der Waals surface area contributed by atoms with Crippen LogP contribution in [0.15, 0.2) is 48.2 Å². The van der Waals surface area contributed by atoms with Crippen molar-refractivity contribution in [1.29, 1.82) is 0 Å². The third-order valence-corrected chi connectivity index (χ3v) is 10.6. The maximum absolute atomic E-state index is 13.9. The van der Waals surface area contributed by atoms with Gasteiger partial charge in [-0.25, -0.2) is 9.97 Å². The number of carbonyl (C=O) groups is 1. The van der Waals surface area contributed by atoms with Crippen LogP contribution < -0.4 is 10.0 Å². The molecule has 0 radical (unpaired) electrons. The van der Waals surface area contributed by atoms with Gasteiger partial charge < -0.3 is 24.4 Å². The van der Waals surface area contributed by atoms with Crippen molar-refractivity contribution in [2.45, 2.75) is 82.3 Å². The SMILES string of the molecule is CC1(C)O[C@@H]2[C@@H](CO)C[C@@H](Nc3ncncc3C(=O)c3cc([C@@](C)(N[S+]([O-])C(C)(C)C)c4cccc(Cl)c4)cs3)[C@@H]2O1. The number of benzene rings is 1. The summed E-state index contributed by atoms with van der Waals surface area (Å²) < 4.78 is 28.3. The fraction of sp³-hybridized carbons (Fsp3) is 0.500. The molecule has 2 aromatic heterocycles. The first kappa shape index (κ1) is 31.3. The van der Waals surface area contributed by atoms with Crippen LogP contribution >= 0.6 is 22.9 Å². The van der Waals surface area contributed by atoms with E-state index in [0.717, 1.165) is 11.1 Å². The molecule has 2 fully saturated rings. The summed E-state index contributed by atoms with van der Waals surface area (Å²) in [5.41, 5.74) is 1.04. The lowest BCUT2D eigenvalue weighted by Crippen LogP contribution is -2.50. The van der Waals surface area contributed by atoms with Crippen LogP contribution in [-0.2, 0) is 26.4 Å². The highest BCUT2D eigenvalue weighted by Crippen LogP contribution is 2.43. The van der Waals surface area contributed by atoms with Gasteiger partial charge in [-0.15, -0.1) is 16.1 Å². The summed E-state index contributed by atoms with van der Waals surface area (Å²) in [4.78, 5) is 22.9. The zero-order valence-corrected chi connectivity index (χ0v) is 26.9. The smallest absolute Gasteiger partial charge is 0.208 e. The third-order valence-electron chi connectivity index (χ3n) is 7.75. The van der Waals surface area contributed by atoms with Crippen molar-refractivity contribution in [3.8, 4) is 0 Å². The Balaban J connectivity index is 1.44. The summed E-state index contributed by atoms with van der Waals surface area (Å²) in [6, 6.07) is 9.02. The molecule has 226 valence electrons. The Bertz CT molecular complexity index is 1450. The number of carbonyl (C=O) groups excluding carboxylic acids is 1. The highest BCUT2D eigenvalue weighted by molar-refractivity contribution is 7.90. The quantitative estimate of drug-likeness (QED) is 0.219. The van der Waals surface area contributed by atoms with E-state index in [1.807, 2.05) is 71.2 Å². The number of thiophene rings is 1. The maximum atomic E-state index is 13.9. The van der Waals surface area contributed by atoms with Crippen molar-refractivity contribution in [3.63, 3.8) is 0 Å². The van der Waals surface area contributed by atoms with Crippen LogP contribution in [0.25, 0.3) is 0 Å². The minimum Gasteiger partial charge on any atom is -0.598 e. The first-order chi connectivity index (χ1) is 19.7. The van der Waals surface area contributed by atoms with Crippen LogP contribution in [0, 0.1) is 5.92 Å². The molecular weight excluding hydrogens is 596 g/mol. The van der Waals surface area contributed by atoms with Crippen molar-refractivity contribution in [2.75, 3.05) is 11.9 Å². The molecule has 5 rings (SSSR count). The monoisotopic (exact) mass is 632 g/mol. The number of halogens is 1. The van der Waals surface area contributed by atoms with Gasteiger partial charge in [-0.05, 0) is 82.7 Å². The number of ketones is 1. The predicted octanol–water partition coefficient (Wildman–Crippen LogP) is 5.05. The zero-order valence-electron chi connectivity index (χ0n) is 24.5. The standard InChI is InChI=1S/C30H37ClN4O5S2/c1-28(2,3)42(38)35-30(6,18-8-7-9-20(31)11-18)19-12-23(41-15-19)24(37)21-13-32-16-33-27(21)34-22-10-17(14-36)25-26(22)40-29(4,5)39-25/h7-9,11-13,15-17,22,25-26,35-36H,10,14H2,1-6H3,(H,32,33,34)/t17-,22-,25-,26+,30+,42?/m1/s1. The van der Waals surface area contributed by atoms with E-state index in [2.05, 4.69) is 20.0 Å². The van der Waals surface area contributed by atoms with E-state index in [4.69, 9.17) is 21.1 Å². The van der Waals surface area contributed by atoms with E-state index in [-0.39, 0.29) is 36.6 Å². The number of aliphatic hydroxyl groups excluding tert-OH is 1. The first-order valence-corrected chi connectivity index (χ1v) is 16.2. The van der Waals surface area contributed by atoms with Crippen molar-refractivity contribution in [3.05, 3.63) is 74.8 Å². The highest BCUT2D eigenvalue weighted by atomic mass is 35.5. The van der Waals surface area contributed by atoms with Gasteiger partial charge in [-0.3, -0.25) is 4.79 Å². The average molecular weight is 633 g/mol.